The first kappa shape index (κ1) is 17.5. The van der Waals surface area contributed by atoms with Crippen molar-refractivity contribution in [2.75, 3.05) is 31.9 Å². The lowest BCUT2D eigenvalue weighted by Crippen LogP contribution is -2.48. The molecule has 4 heteroatoms. The molecule has 0 atom stereocenters. The Hall–Kier alpha value is -2.33. The Morgan fingerprint density at radius 1 is 0.960 bits per heavy atom. The van der Waals surface area contributed by atoms with E-state index in [4.69, 9.17) is 5.73 Å². The van der Waals surface area contributed by atoms with Crippen molar-refractivity contribution in [1.29, 1.82) is 0 Å². The maximum atomic E-state index is 12.5. The van der Waals surface area contributed by atoms with Gasteiger partial charge in [0.2, 0.25) is 5.91 Å². The predicted molar refractivity (Wildman–Crippen MR) is 102 cm³/mol. The lowest BCUT2D eigenvalue weighted by Gasteiger charge is -2.35. The molecule has 0 aliphatic carbocycles. The highest BCUT2D eigenvalue weighted by molar-refractivity contribution is 5.76. The molecule has 2 aromatic rings. The van der Waals surface area contributed by atoms with Crippen LogP contribution in [0.5, 0.6) is 0 Å². The molecule has 132 valence electrons. The second kappa shape index (κ2) is 8.17. The van der Waals surface area contributed by atoms with Crippen molar-refractivity contribution in [3.05, 3.63) is 65.2 Å². The molecule has 25 heavy (non-hydrogen) atoms. The van der Waals surface area contributed by atoms with Gasteiger partial charge in [0.1, 0.15) is 0 Å². The number of carbonyl (C=O) groups excluding carboxylic acids is 1. The number of rotatable bonds is 5. The minimum Gasteiger partial charge on any atom is -0.399 e. The van der Waals surface area contributed by atoms with Gasteiger partial charge in [0.25, 0.3) is 0 Å². The van der Waals surface area contributed by atoms with Crippen LogP contribution in [0.1, 0.15) is 23.1 Å². The van der Waals surface area contributed by atoms with Crippen molar-refractivity contribution >= 4 is 11.6 Å². The van der Waals surface area contributed by atoms with Gasteiger partial charge in [-0.05, 0) is 36.1 Å². The van der Waals surface area contributed by atoms with Crippen LogP contribution in [0.2, 0.25) is 0 Å². The summed E-state index contributed by atoms with van der Waals surface area (Å²) in [5, 5.41) is 0. The fourth-order valence-electron chi connectivity index (χ4n) is 3.35. The molecule has 1 amide bonds. The van der Waals surface area contributed by atoms with Crippen molar-refractivity contribution in [3.8, 4) is 0 Å². The highest BCUT2D eigenvalue weighted by Crippen LogP contribution is 2.15. The molecule has 0 saturated carbocycles. The number of para-hydroxylation sites is 1. The summed E-state index contributed by atoms with van der Waals surface area (Å²) in [6.45, 7) is 6.63. The largest absolute Gasteiger partial charge is 0.399 e. The summed E-state index contributed by atoms with van der Waals surface area (Å²) in [5.74, 6) is 0.235. The van der Waals surface area contributed by atoms with Crippen LogP contribution in [0.4, 0.5) is 5.69 Å². The van der Waals surface area contributed by atoms with Gasteiger partial charge >= 0.3 is 0 Å². The first-order valence-electron chi connectivity index (χ1n) is 9.01. The SMILES string of the molecule is Cc1ccccc1CN1CCN(C(=O)CCc2ccccc2N)CC1. The molecule has 2 aromatic carbocycles. The summed E-state index contributed by atoms with van der Waals surface area (Å²) in [6.07, 6.45) is 1.25. The minimum atomic E-state index is 0.235. The molecule has 0 bridgehead atoms. The molecule has 0 aromatic heterocycles. The Labute approximate surface area is 150 Å². The number of aryl methyl sites for hydroxylation is 2. The van der Waals surface area contributed by atoms with Crippen molar-refractivity contribution in [3.63, 3.8) is 0 Å². The van der Waals surface area contributed by atoms with E-state index in [1.807, 2.05) is 29.2 Å². The molecule has 0 radical (unpaired) electrons. The van der Waals surface area contributed by atoms with Crippen molar-refractivity contribution < 1.29 is 4.79 Å². The van der Waals surface area contributed by atoms with Gasteiger partial charge in [0.05, 0.1) is 0 Å². The van der Waals surface area contributed by atoms with Crippen LogP contribution in [0, 0.1) is 6.92 Å². The van der Waals surface area contributed by atoms with E-state index < -0.39 is 0 Å². The Kier molecular flexibility index (Phi) is 5.71. The Morgan fingerprint density at radius 3 is 2.28 bits per heavy atom. The molecule has 0 spiro atoms. The van der Waals surface area contributed by atoms with Gasteiger partial charge in [-0.25, -0.2) is 0 Å². The third kappa shape index (κ3) is 4.60. The number of amides is 1. The Bertz CT molecular complexity index is 721. The van der Waals surface area contributed by atoms with Crippen LogP contribution in [0.3, 0.4) is 0 Å². The summed E-state index contributed by atoms with van der Waals surface area (Å²) in [7, 11) is 0. The lowest BCUT2D eigenvalue weighted by molar-refractivity contribution is -0.132. The normalized spacial score (nSPS) is 15.3. The average molecular weight is 337 g/mol. The van der Waals surface area contributed by atoms with Crippen molar-refractivity contribution in [2.45, 2.75) is 26.3 Å². The second-order valence-corrected chi connectivity index (χ2v) is 6.78. The molecule has 1 fully saturated rings. The minimum absolute atomic E-state index is 0.235. The standard InChI is InChI=1S/C21H27N3O/c1-17-6-2-3-8-19(17)16-23-12-14-24(15-13-23)21(25)11-10-18-7-4-5-9-20(18)22/h2-9H,10-16,22H2,1H3. The van der Waals surface area contributed by atoms with E-state index in [2.05, 4.69) is 36.1 Å². The average Bonchev–Trinajstić information content (AvgIpc) is 2.63. The number of benzene rings is 2. The molecule has 3 rings (SSSR count). The second-order valence-electron chi connectivity index (χ2n) is 6.78. The van der Waals surface area contributed by atoms with E-state index in [-0.39, 0.29) is 5.91 Å². The molecule has 0 unspecified atom stereocenters. The van der Waals surface area contributed by atoms with Crippen LogP contribution < -0.4 is 5.73 Å². The van der Waals surface area contributed by atoms with E-state index in [0.717, 1.165) is 50.4 Å². The zero-order valence-corrected chi connectivity index (χ0v) is 14.9. The zero-order chi connectivity index (χ0) is 17.6. The van der Waals surface area contributed by atoms with Crippen LogP contribution >= 0.6 is 0 Å². The smallest absolute Gasteiger partial charge is 0.222 e. The summed E-state index contributed by atoms with van der Waals surface area (Å²) in [6, 6.07) is 16.3. The third-order valence-corrected chi connectivity index (χ3v) is 5.04. The lowest BCUT2D eigenvalue weighted by atomic mass is 10.1. The number of hydrogen-bond acceptors (Lipinski definition) is 3. The van der Waals surface area contributed by atoms with Crippen LogP contribution in [-0.2, 0) is 17.8 Å². The highest BCUT2D eigenvalue weighted by atomic mass is 16.2. The Balaban J connectivity index is 1.46. The van der Waals surface area contributed by atoms with Gasteiger partial charge in [-0.2, -0.15) is 0 Å². The van der Waals surface area contributed by atoms with Crippen LogP contribution in [-0.4, -0.2) is 41.9 Å². The molecule has 1 aliphatic heterocycles. The molecule has 1 heterocycles. The fraction of sp³-hybridized carbons (Fsp3) is 0.381. The van der Waals surface area contributed by atoms with Crippen LogP contribution in [0.25, 0.3) is 0 Å². The third-order valence-electron chi connectivity index (χ3n) is 5.04. The first-order valence-corrected chi connectivity index (χ1v) is 9.01. The molecular weight excluding hydrogens is 310 g/mol. The van der Waals surface area contributed by atoms with Gasteiger partial charge in [0.15, 0.2) is 0 Å². The van der Waals surface area contributed by atoms with E-state index in [1.165, 1.54) is 11.1 Å². The zero-order valence-electron chi connectivity index (χ0n) is 14.9. The topological polar surface area (TPSA) is 49.6 Å². The first-order chi connectivity index (χ1) is 12.1. The predicted octanol–water partition coefficient (Wildman–Crippen LogP) is 2.85. The van der Waals surface area contributed by atoms with E-state index in [1.54, 1.807) is 0 Å². The van der Waals surface area contributed by atoms with Gasteiger partial charge in [-0.3, -0.25) is 9.69 Å². The van der Waals surface area contributed by atoms with E-state index >= 15 is 0 Å². The van der Waals surface area contributed by atoms with Crippen LogP contribution in [0.15, 0.2) is 48.5 Å². The maximum Gasteiger partial charge on any atom is 0.222 e. The fourth-order valence-corrected chi connectivity index (χ4v) is 3.35. The molecule has 4 nitrogen and oxygen atoms in total. The van der Waals surface area contributed by atoms with E-state index in [0.29, 0.717) is 6.42 Å². The number of anilines is 1. The van der Waals surface area contributed by atoms with Gasteiger partial charge in [-0.15, -0.1) is 0 Å². The molecular formula is C21H27N3O. The molecule has 1 aliphatic rings. The number of piperazine rings is 1. The Morgan fingerprint density at radius 2 is 1.60 bits per heavy atom. The molecule has 1 saturated heterocycles. The summed E-state index contributed by atoms with van der Waals surface area (Å²) in [5.41, 5.74) is 10.5. The quantitative estimate of drug-likeness (QED) is 0.854. The number of hydrogen-bond donors (Lipinski definition) is 1. The monoisotopic (exact) mass is 337 g/mol. The summed E-state index contributed by atoms with van der Waals surface area (Å²) >= 11 is 0. The number of nitrogens with two attached hydrogens (primary N) is 1. The summed E-state index contributed by atoms with van der Waals surface area (Å²) in [4.78, 5) is 16.9. The van der Waals surface area contributed by atoms with Crippen molar-refractivity contribution in [1.82, 2.24) is 9.80 Å². The molecule has 2 N–H and O–H groups in total. The number of nitrogen functional groups attached to an aromatic ring is 1. The van der Waals surface area contributed by atoms with Gasteiger partial charge < -0.3 is 10.6 Å². The number of carbonyl (C=O) groups is 1. The maximum absolute atomic E-state index is 12.5. The van der Waals surface area contributed by atoms with Crippen molar-refractivity contribution in [2.24, 2.45) is 0 Å². The summed E-state index contributed by atoms with van der Waals surface area (Å²) < 4.78 is 0. The van der Waals surface area contributed by atoms with E-state index in [9.17, 15) is 4.79 Å². The van der Waals surface area contributed by atoms with Gasteiger partial charge in [-0.1, -0.05) is 42.5 Å². The highest BCUT2D eigenvalue weighted by Gasteiger charge is 2.21. The number of nitrogens with zero attached hydrogens (tertiary/aromatic N) is 2. The van der Waals surface area contributed by atoms with Gasteiger partial charge in [0, 0.05) is 44.8 Å².